The van der Waals surface area contributed by atoms with Crippen molar-refractivity contribution in [3.8, 4) is 11.4 Å². The third-order valence-electron chi connectivity index (χ3n) is 4.44. The van der Waals surface area contributed by atoms with Gasteiger partial charge in [0.05, 0.1) is 19.4 Å². The van der Waals surface area contributed by atoms with Gasteiger partial charge in [0, 0.05) is 30.7 Å². The van der Waals surface area contributed by atoms with E-state index < -0.39 is 0 Å². The minimum absolute atomic E-state index is 0.0345. The van der Waals surface area contributed by atoms with Crippen LogP contribution in [-0.4, -0.2) is 39.4 Å². The van der Waals surface area contributed by atoms with Gasteiger partial charge >= 0.3 is 0 Å². The van der Waals surface area contributed by atoms with Crippen molar-refractivity contribution < 1.29 is 9.15 Å². The highest BCUT2D eigenvalue weighted by Gasteiger charge is 2.25. The summed E-state index contributed by atoms with van der Waals surface area (Å²) >= 11 is 5.96. The normalized spacial score (nSPS) is 18.6. The maximum atomic E-state index is 5.96. The van der Waals surface area contributed by atoms with Crippen LogP contribution in [0.15, 0.2) is 47.1 Å². The molecule has 3 aromatic rings. The Morgan fingerprint density at radius 2 is 2.04 bits per heavy atom. The van der Waals surface area contributed by atoms with Gasteiger partial charge in [-0.05, 0) is 36.4 Å². The molecule has 1 aromatic carbocycles. The number of rotatable bonds is 4. The van der Waals surface area contributed by atoms with Crippen molar-refractivity contribution in [3.63, 3.8) is 0 Å². The van der Waals surface area contributed by atoms with E-state index >= 15 is 0 Å². The summed E-state index contributed by atoms with van der Waals surface area (Å²) in [5.74, 6) is 2.62. The van der Waals surface area contributed by atoms with Crippen molar-refractivity contribution in [3.05, 3.63) is 59.3 Å². The van der Waals surface area contributed by atoms with Crippen LogP contribution in [0.5, 0.6) is 0 Å². The lowest BCUT2D eigenvalue weighted by atomic mass is 10.2. The fourth-order valence-corrected chi connectivity index (χ4v) is 3.17. The summed E-state index contributed by atoms with van der Waals surface area (Å²) in [6, 6.07) is 11.5. The van der Waals surface area contributed by atoms with Crippen molar-refractivity contribution in [2.24, 2.45) is 7.05 Å². The summed E-state index contributed by atoms with van der Waals surface area (Å²) in [6.45, 7) is 3.03. The Labute approximate surface area is 151 Å². The van der Waals surface area contributed by atoms with Crippen LogP contribution in [0.4, 0.5) is 0 Å². The third-order valence-corrected chi connectivity index (χ3v) is 4.70. The van der Waals surface area contributed by atoms with Gasteiger partial charge < -0.3 is 13.7 Å². The molecule has 6 nitrogen and oxygen atoms in total. The Morgan fingerprint density at radius 1 is 1.20 bits per heavy atom. The SMILES string of the molecule is Cn1c(CN2CCOC(c3ccco3)C2)nnc1-c1ccc(Cl)cc1. The van der Waals surface area contributed by atoms with Crippen LogP contribution in [0.2, 0.25) is 5.02 Å². The van der Waals surface area contributed by atoms with E-state index in [1.54, 1.807) is 6.26 Å². The summed E-state index contributed by atoms with van der Waals surface area (Å²) in [4.78, 5) is 2.31. The molecule has 0 saturated carbocycles. The van der Waals surface area contributed by atoms with Crippen LogP contribution in [0, 0.1) is 0 Å². The summed E-state index contributed by atoms with van der Waals surface area (Å²) in [5, 5.41) is 9.43. The molecular weight excluding hydrogens is 340 g/mol. The lowest BCUT2D eigenvalue weighted by Gasteiger charge is -2.31. The number of nitrogens with zero attached hydrogens (tertiary/aromatic N) is 4. The maximum Gasteiger partial charge on any atom is 0.163 e. The standard InChI is InChI=1S/C18H19ClN4O2/c1-22-17(20-21-18(22)13-4-6-14(19)7-5-13)12-23-8-10-25-16(11-23)15-3-2-9-24-15/h2-7,9,16H,8,10-12H2,1H3. The number of aromatic nitrogens is 3. The number of hydrogen-bond donors (Lipinski definition) is 0. The van der Waals surface area contributed by atoms with Gasteiger partial charge in [-0.25, -0.2) is 0 Å². The molecule has 130 valence electrons. The molecule has 0 spiro atoms. The van der Waals surface area contributed by atoms with Gasteiger partial charge in [0.25, 0.3) is 0 Å². The first kappa shape index (κ1) is 16.3. The monoisotopic (exact) mass is 358 g/mol. The number of furan rings is 1. The van der Waals surface area contributed by atoms with Gasteiger partial charge in [-0.2, -0.15) is 0 Å². The van der Waals surface area contributed by atoms with Gasteiger partial charge in [-0.1, -0.05) is 11.6 Å². The number of benzene rings is 1. The van der Waals surface area contributed by atoms with Gasteiger partial charge in [0.15, 0.2) is 5.82 Å². The highest BCUT2D eigenvalue weighted by molar-refractivity contribution is 6.30. The van der Waals surface area contributed by atoms with E-state index in [0.29, 0.717) is 11.6 Å². The van der Waals surface area contributed by atoms with Crippen LogP contribution in [0.1, 0.15) is 17.7 Å². The molecule has 0 aliphatic carbocycles. The summed E-state index contributed by atoms with van der Waals surface area (Å²) < 4.78 is 13.3. The first-order chi connectivity index (χ1) is 12.2. The first-order valence-corrected chi connectivity index (χ1v) is 8.60. The fourth-order valence-electron chi connectivity index (χ4n) is 3.04. The van der Waals surface area contributed by atoms with E-state index in [9.17, 15) is 0 Å². The smallest absolute Gasteiger partial charge is 0.163 e. The van der Waals surface area contributed by atoms with Crippen LogP contribution < -0.4 is 0 Å². The molecule has 1 atom stereocenters. The lowest BCUT2D eigenvalue weighted by molar-refractivity contribution is -0.0436. The van der Waals surface area contributed by atoms with Crippen molar-refractivity contribution >= 4 is 11.6 Å². The predicted molar refractivity (Wildman–Crippen MR) is 94.1 cm³/mol. The number of ether oxygens (including phenoxy) is 1. The topological polar surface area (TPSA) is 56.3 Å². The molecule has 1 fully saturated rings. The molecule has 4 rings (SSSR count). The molecule has 0 radical (unpaired) electrons. The second-order valence-electron chi connectivity index (χ2n) is 6.12. The zero-order valence-corrected chi connectivity index (χ0v) is 14.7. The van der Waals surface area contributed by atoms with E-state index in [4.69, 9.17) is 20.8 Å². The average Bonchev–Trinajstić information content (AvgIpc) is 3.28. The molecule has 1 aliphatic heterocycles. The molecule has 0 amide bonds. The Hall–Kier alpha value is -2.15. The highest BCUT2D eigenvalue weighted by Crippen LogP contribution is 2.24. The molecule has 1 unspecified atom stereocenters. The number of halogens is 1. The fraction of sp³-hybridized carbons (Fsp3) is 0.333. The van der Waals surface area contributed by atoms with Gasteiger partial charge in [-0.15, -0.1) is 10.2 Å². The van der Waals surface area contributed by atoms with E-state index in [-0.39, 0.29) is 6.10 Å². The number of hydrogen-bond acceptors (Lipinski definition) is 5. The van der Waals surface area contributed by atoms with Crippen molar-refractivity contribution in [1.29, 1.82) is 0 Å². The Kier molecular flexibility index (Phi) is 4.57. The van der Waals surface area contributed by atoms with Crippen LogP contribution >= 0.6 is 11.6 Å². The Morgan fingerprint density at radius 3 is 2.80 bits per heavy atom. The summed E-state index contributed by atoms with van der Waals surface area (Å²) in [5.41, 5.74) is 1.00. The molecule has 25 heavy (non-hydrogen) atoms. The minimum atomic E-state index is -0.0345. The second kappa shape index (κ2) is 7.00. The highest BCUT2D eigenvalue weighted by atomic mass is 35.5. The first-order valence-electron chi connectivity index (χ1n) is 8.22. The third kappa shape index (κ3) is 3.46. The summed E-state index contributed by atoms with van der Waals surface area (Å²) in [6.07, 6.45) is 1.64. The van der Waals surface area contributed by atoms with E-state index in [1.807, 2.05) is 48.0 Å². The van der Waals surface area contributed by atoms with Gasteiger partial charge in [0.2, 0.25) is 0 Å². The van der Waals surface area contributed by atoms with Crippen LogP contribution in [0.25, 0.3) is 11.4 Å². The Balaban J connectivity index is 1.48. The van der Waals surface area contributed by atoms with Crippen molar-refractivity contribution in [1.82, 2.24) is 19.7 Å². The van der Waals surface area contributed by atoms with Crippen LogP contribution in [-0.2, 0) is 18.3 Å². The molecular formula is C18H19ClN4O2. The molecule has 7 heteroatoms. The van der Waals surface area contributed by atoms with Crippen molar-refractivity contribution in [2.75, 3.05) is 19.7 Å². The van der Waals surface area contributed by atoms with Gasteiger partial charge in [0.1, 0.15) is 17.7 Å². The van der Waals surface area contributed by atoms with E-state index in [0.717, 1.165) is 42.6 Å². The molecule has 2 aromatic heterocycles. The van der Waals surface area contributed by atoms with Gasteiger partial charge in [-0.3, -0.25) is 4.90 Å². The molecule has 1 aliphatic rings. The molecule has 0 bridgehead atoms. The lowest BCUT2D eigenvalue weighted by Crippen LogP contribution is -2.38. The largest absolute Gasteiger partial charge is 0.467 e. The Bertz CT molecular complexity index is 829. The van der Waals surface area contributed by atoms with E-state index in [1.165, 1.54) is 0 Å². The minimum Gasteiger partial charge on any atom is -0.467 e. The molecule has 3 heterocycles. The average molecular weight is 359 g/mol. The quantitative estimate of drug-likeness (QED) is 0.716. The molecule has 1 saturated heterocycles. The number of morpholine rings is 1. The predicted octanol–water partition coefficient (Wildman–Crippen LogP) is 3.30. The summed E-state index contributed by atoms with van der Waals surface area (Å²) in [7, 11) is 1.99. The second-order valence-corrected chi connectivity index (χ2v) is 6.55. The maximum absolute atomic E-state index is 5.96. The zero-order chi connectivity index (χ0) is 17.2. The molecule has 0 N–H and O–H groups in total. The zero-order valence-electron chi connectivity index (χ0n) is 13.9. The van der Waals surface area contributed by atoms with Crippen LogP contribution in [0.3, 0.4) is 0 Å². The van der Waals surface area contributed by atoms with Crippen molar-refractivity contribution in [2.45, 2.75) is 12.6 Å². The van der Waals surface area contributed by atoms with E-state index in [2.05, 4.69) is 15.1 Å².